The quantitative estimate of drug-likeness (QED) is 0.0171. The van der Waals surface area contributed by atoms with Gasteiger partial charge >= 0.3 is 12.1 Å². The molecule has 6 aromatic rings. The summed E-state index contributed by atoms with van der Waals surface area (Å²) in [6.45, 7) is 15.0. The van der Waals surface area contributed by atoms with Crippen LogP contribution in [0.1, 0.15) is 106 Å². The minimum Gasteiger partial charge on any atom is -0.496 e. The summed E-state index contributed by atoms with van der Waals surface area (Å²) in [7, 11) is 3.28. The maximum absolute atomic E-state index is 14.5. The number of ether oxygens (including phenoxy) is 11. The molecule has 2 fully saturated rings. The lowest BCUT2D eigenvalue weighted by Gasteiger charge is -2.53. The maximum Gasteiger partial charge on any atom is 0.410 e. The highest BCUT2D eigenvalue weighted by Gasteiger charge is 2.48. The summed E-state index contributed by atoms with van der Waals surface area (Å²) < 4.78 is 63.7. The highest BCUT2D eigenvalue weighted by Crippen LogP contribution is 2.34. The van der Waals surface area contributed by atoms with Crippen molar-refractivity contribution in [3.63, 3.8) is 0 Å². The number of hydrogen-bond acceptors (Lipinski definition) is 24. The SMILES string of the molecule is CCCCCNc1nc(N)nc2ccn(Cc3ccc(CN4CC5(C4)CN(C(=O)OCc4ccc(NC(=O)[C@H](CCCNC(N)=O)NC(=O)[C@@H](NC(=O)[C@H](CNC(=O)CCOCCOCCOCCOCCOCCOCCOCCOC)NC(=O)CCC(=O)N6Cc7ccccc7C#Cc7ccccc76)C(C)C)cc4)CCO5)cc3OC)c12. The van der Waals surface area contributed by atoms with Crippen LogP contribution in [0, 0.1) is 17.8 Å². The molecule has 5 heterocycles. The van der Waals surface area contributed by atoms with Gasteiger partial charge in [-0.05, 0) is 84.3 Å². The zero-order valence-electron chi connectivity index (χ0n) is 69.0. The first-order chi connectivity index (χ1) is 57.8. The van der Waals surface area contributed by atoms with Crippen molar-refractivity contribution in [2.45, 2.75) is 122 Å². The van der Waals surface area contributed by atoms with Crippen LogP contribution in [0.3, 0.4) is 0 Å². The van der Waals surface area contributed by atoms with E-state index in [9.17, 15) is 38.4 Å². The number of nitrogen functional groups attached to an aromatic ring is 1. The number of hydrogen-bond donors (Lipinski definition) is 9. The van der Waals surface area contributed by atoms with Crippen molar-refractivity contribution in [2.24, 2.45) is 11.7 Å². The zero-order chi connectivity index (χ0) is 84.6. The lowest BCUT2D eigenvalue weighted by molar-refractivity contribution is -0.181. The van der Waals surface area contributed by atoms with E-state index in [2.05, 4.69) is 93.6 Å². The standard InChI is InChI=1S/C85H117N15O19/c1-6-7-12-31-88-78-77-68(94-82(86)96-78)29-33-98(77)54-66-22-19-62(51-72(66)110-5)53-97-57-85(58-97)59-99(34-36-119-85)84(108)118-56-61-20-25-67(26-21-61)91-79(104)69(17-13-32-89-83(87)107)93-81(106)76(60(2)3)95-80(105)70(92-74(102)27-28-75(103)100-55-65-16-9-8-14-63(65)23-24-64-15-10-11-18-71(64)100)52-90-73(101)30-35-111-39-40-113-43-44-115-47-48-117-50-49-116-46-45-114-42-41-112-38-37-109-4/h8-11,14-16,18-22,25-26,29,33,51,60,69-70,76H,6-7,12-13,17,27-28,30-32,34-50,52-59H2,1-5H3,(H,90,101)(H,91,104)(H,92,102)(H,93,106)(H,95,105)(H3,87,89,107)(H3,86,88,94,96)/t69-,70-,76-/m0/s1. The van der Waals surface area contributed by atoms with Crippen molar-refractivity contribution in [1.29, 1.82) is 0 Å². The predicted octanol–water partition coefficient (Wildman–Crippen LogP) is 5.39. The van der Waals surface area contributed by atoms with Crippen molar-refractivity contribution in [1.82, 2.24) is 50.9 Å². The van der Waals surface area contributed by atoms with E-state index in [0.29, 0.717) is 153 Å². The lowest BCUT2D eigenvalue weighted by atomic mass is 9.91. The first kappa shape index (κ1) is 92.3. The fourth-order valence-corrected chi connectivity index (χ4v) is 13.6. The molecule has 11 N–H and O–H groups in total. The van der Waals surface area contributed by atoms with E-state index in [1.165, 1.54) is 0 Å². The van der Waals surface area contributed by atoms with E-state index in [0.717, 1.165) is 64.8 Å². The number of aromatic nitrogens is 3. The monoisotopic (exact) mass is 1650 g/mol. The maximum atomic E-state index is 14.5. The lowest BCUT2D eigenvalue weighted by Crippen LogP contribution is -2.70. The average Bonchev–Trinajstić information content (AvgIpc) is 1.68. The second-order valence-electron chi connectivity index (χ2n) is 29.3. The number of nitrogens with one attached hydrogen (secondary N) is 7. The third kappa shape index (κ3) is 30.6. The van der Waals surface area contributed by atoms with Gasteiger partial charge < -0.3 is 115 Å². The van der Waals surface area contributed by atoms with Gasteiger partial charge in [0, 0.05) is 101 Å². The molecule has 34 nitrogen and oxygen atoms in total. The Morgan fingerprint density at radius 1 is 0.622 bits per heavy atom. The molecule has 0 aliphatic carbocycles. The molecular weight excluding hydrogens is 1540 g/mol. The van der Waals surface area contributed by atoms with Crippen LogP contribution < -0.4 is 58.3 Å². The zero-order valence-corrected chi connectivity index (χ0v) is 69.0. The van der Waals surface area contributed by atoms with Crippen LogP contribution in [-0.4, -0.2) is 261 Å². The number of carbonyl (C=O) groups excluding carboxylic acids is 8. The molecule has 9 amide bonds. The number of likely N-dealkylation sites (tertiary alicyclic amines) is 1. The molecule has 0 radical (unpaired) electrons. The Morgan fingerprint density at radius 2 is 1.27 bits per heavy atom. The fraction of sp³-hybridized carbons (Fsp3) is 0.529. The molecule has 0 unspecified atom stereocenters. The summed E-state index contributed by atoms with van der Waals surface area (Å²) in [5.74, 6) is 3.57. The molecular formula is C85H117N15O19. The van der Waals surface area contributed by atoms with Gasteiger partial charge in [-0.1, -0.05) is 100 Å². The molecule has 34 heteroatoms. The number of anilines is 4. The number of carbonyl (C=O) groups is 8. The van der Waals surface area contributed by atoms with Crippen LogP contribution in [0.15, 0.2) is 103 Å². The molecule has 2 aromatic heterocycles. The summed E-state index contributed by atoms with van der Waals surface area (Å²) in [6.07, 6.45) is 4.16. The second kappa shape index (κ2) is 49.7. The first-order valence-corrected chi connectivity index (χ1v) is 40.7. The summed E-state index contributed by atoms with van der Waals surface area (Å²) in [5.41, 5.74) is 18.3. The smallest absolute Gasteiger partial charge is 0.410 e. The van der Waals surface area contributed by atoms with E-state index in [1.807, 2.05) is 48.7 Å². The Labute approximate surface area is 695 Å². The van der Waals surface area contributed by atoms with Crippen molar-refractivity contribution in [3.8, 4) is 17.6 Å². The molecule has 0 saturated carbocycles. The summed E-state index contributed by atoms with van der Waals surface area (Å²) in [4.78, 5) is 125. The number of amides is 9. The van der Waals surface area contributed by atoms with E-state index in [1.54, 1.807) is 74.3 Å². The van der Waals surface area contributed by atoms with E-state index < -0.39 is 77.8 Å². The van der Waals surface area contributed by atoms with Crippen LogP contribution in [0.25, 0.3) is 11.0 Å². The van der Waals surface area contributed by atoms with E-state index in [4.69, 9.17) is 63.6 Å². The molecule has 119 heavy (non-hydrogen) atoms. The number of nitrogens with two attached hydrogens (primary N) is 2. The first-order valence-electron chi connectivity index (χ1n) is 40.7. The van der Waals surface area contributed by atoms with E-state index >= 15 is 0 Å². The molecule has 4 aromatic carbocycles. The summed E-state index contributed by atoms with van der Waals surface area (Å²) in [5, 5.41) is 19.7. The van der Waals surface area contributed by atoms with Gasteiger partial charge in [0.1, 0.15) is 41.6 Å². The van der Waals surface area contributed by atoms with Crippen LogP contribution >= 0.6 is 0 Å². The Morgan fingerprint density at radius 3 is 1.93 bits per heavy atom. The molecule has 1 spiro atoms. The van der Waals surface area contributed by atoms with Crippen molar-refractivity contribution >= 4 is 81.7 Å². The number of para-hydroxylation sites is 1. The highest BCUT2D eigenvalue weighted by molar-refractivity contribution is 6.00. The molecule has 3 atom stereocenters. The van der Waals surface area contributed by atoms with Crippen molar-refractivity contribution < 1.29 is 90.5 Å². The number of benzene rings is 4. The average molecular weight is 1650 g/mol. The number of fused-ring (bicyclic) bond motifs is 3. The number of primary amides is 1. The number of nitrogens with zero attached hydrogens (tertiary/aromatic N) is 6. The van der Waals surface area contributed by atoms with Gasteiger partial charge in [0.15, 0.2) is 5.82 Å². The molecule has 9 rings (SSSR count). The van der Waals surface area contributed by atoms with Gasteiger partial charge in [0.25, 0.3) is 0 Å². The number of unbranched alkanes of at least 4 members (excludes halogenated alkanes) is 2. The van der Waals surface area contributed by atoms with E-state index in [-0.39, 0.29) is 83.5 Å². The normalized spacial score (nSPS) is 14.2. The van der Waals surface area contributed by atoms with Crippen LogP contribution in [0.4, 0.5) is 32.7 Å². The van der Waals surface area contributed by atoms with Gasteiger partial charge in [-0.2, -0.15) is 4.98 Å². The summed E-state index contributed by atoms with van der Waals surface area (Å²) in [6, 6.07) is 24.7. The van der Waals surface area contributed by atoms with Gasteiger partial charge in [-0.25, -0.2) is 14.6 Å². The van der Waals surface area contributed by atoms with Crippen LogP contribution in [0.5, 0.6) is 5.75 Å². The van der Waals surface area contributed by atoms with Crippen LogP contribution in [-0.2, 0) is 102 Å². The Kier molecular flexibility index (Phi) is 38.6. The van der Waals surface area contributed by atoms with Crippen LogP contribution in [0.2, 0.25) is 0 Å². The minimum atomic E-state index is -1.47. The topological polar surface area (TPSA) is 415 Å². The third-order valence-electron chi connectivity index (χ3n) is 19.8. The molecule has 646 valence electrons. The van der Waals surface area contributed by atoms with Gasteiger partial charge in [-0.3, -0.25) is 33.7 Å². The Bertz CT molecular complexity index is 4300. The summed E-state index contributed by atoms with van der Waals surface area (Å²) >= 11 is 0. The molecule has 3 aliphatic heterocycles. The fourth-order valence-electron chi connectivity index (χ4n) is 13.6. The number of rotatable bonds is 53. The molecule has 2 saturated heterocycles. The van der Waals surface area contributed by atoms with Gasteiger partial charge in [-0.15, -0.1) is 0 Å². The van der Waals surface area contributed by atoms with Crippen molar-refractivity contribution in [3.05, 3.63) is 137 Å². The minimum absolute atomic E-state index is 0.00603. The third-order valence-corrected chi connectivity index (χ3v) is 19.8. The highest BCUT2D eigenvalue weighted by atomic mass is 16.6. The number of morpholine rings is 1. The van der Waals surface area contributed by atoms with Crippen molar-refractivity contribution in [2.75, 3.05) is 187 Å². The number of methoxy groups -OCH3 is 2. The van der Waals surface area contributed by atoms with Gasteiger partial charge in [0.05, 0.1) is 144 Å². The predicted molar refractivity (Wildman–Crippen MR) is 445 cm³/mol. The Balaban J connectivity index is 0.736. The Hall–Kier alpha value is -10.6. The molecule has 3 aliphatic rings. The number of urea groups is 1. The molecule has 0 bridgehead atoms. The second-order valence-corrected chi connectivity index (χ2v) is 29.3. The largest absolute Gasteiger partial charge is 0.496 e. The van der Waals surface area contributed by atoms with Gasteiger partial charge in [0.2, 0.25) is 41.4 Å².